The van der Waals surface area contributed by atoms with E-state index in [0.717, 1.165) is 24.4 Å². The number of nitrogen functional groups attached to an aromatic ring is 1. The molecule has 0 saturated heterocycles. The Bertz CT molecular complexity index is 532. The number of anilines is 1. The van der Waals surface area contributed by atoms with Crippen LogP contribution in [0.3, 0.4) is 0 Å². The van der Waals surface area contributed by atoms with Crippen LogP contribution in [-0.4, -0.2) is 20.2 Å². The largest absolute Gasteiger partial charge is 0.397 e. The van der Waals surface area contributed by atoms with Crippen molar-refractivity contribution < 1.29 is 0 Å². The highest BCUT2D eigenvalue weighted by atomic mass is 35.5. The number of nitrogens with zero attached hydrogens (tertiary/aromatic N) is 4. The molecule has 1 aromatic heterocycles. The summed E-state index contributed by atoms with van der Waals surface area (Å²) in [5.74, 6) is 1.34. The maximum atomic E-state index is 5.94. The smallest absolute Gasteiger partial charge is 0.159 e. The average Bonchev–Trinajstić information content (AvgIpc) is 3.01. The van der Waals surface area contributed by atoms with E-state index in [1.54, 1.807) is 22.9 Å². The quantitative estimate of drug-likeness (QED) is 0.806. The van der Waals surface area contributed by atoms with E-state index in [4.69, 9.17) is 17.3 Å². The van der Waals surface area contributed by atoms with E-state index in [1.807, 2.05) is 0 Å². The fourth-order valence-corrected chi connectivity index (χ4v) is 1.83. The molecule has 82 valence electrons. The minimum atomic E-state index is 0.466. The molecule has 1 fully saturated rings. The van der Waals surface area contributed by atoms with Crippen molar-refractivity contribution in [1.29, 1.82) is 0 Å². The van der Waals surface area contributed by atoms with Crippen molar-refractivity contribution in [3.8, 4) is 5.69 Å². The van der Waals surface area contributed by atoms with Crippen LogP contribution in [-0.2, 0) is 0 Å². The first-order valence-electron chi connectivity index (χ1n) is 5.09. The van der Waals surface area contributed by atoms with Gasteiger partial charge in [-0.05, 0) is 41.5 Å². The SMILES string of the molecule is Nc1ccc(Cl)cc1-n1nnnc1C1CC1. The lowest BCUT2D eigenvalue weighted by atomic mass is 10.2. The fourth-order valence-electron chi connectivity index (χ4n) is 1.66. The lowest BCUT2D eigenvalue weighted by Gasteiger charge is -2.07. The van der Waals surface area contributed by atoms with Crippen LogP contribution in [0.25, 0.3) is 5.69 Å². The van der Waals surface area contributed by atoms with E-state index in [0.29, 0.717) is 16.6 Å². The zero-order valence-corrected chi connectivity index (χ0v) is 9.22. The molecule has 2 N–H and O–H groups in total. The number of aromatic nitrogens is 4. The Hall–Kier alpha value is -1.62. The number of rotatable bonds is 2. The fraction of sp³-hybridized carbons (Fsp3) is 0.300. The second kappa shape index (κ2) is 3.45. The summed E-state index contributed by atoms with van der Waals surface area (Å²) in [6.45, 7) is 0. The van der Waals surface area contributed by atoms with Crippen molar-refractivity contribution >= 4 is 17.3 Å². The maximum Gasteiger partial charge on any atom is 0.159 e. The molecule has 0 spiro atoms. The standard InChI is InChI=1S/C10H10ClN5/c11-7-3-4-8(12)9(5-7)16-10(6-1-2-6)13-14-15-16/h3-6H,1-2,12H2. The summed E-state index contributed by atoms with van der Waals surface area (Å²) in [5, 5.41) is 12.3. The molecule has 0 unspecified atom stereocenters. The molecular formula is C10H10ClN5. The molecule has 1 aliphatic carbocycles. The number of hydrogen-bond acceptors (Lipinski definition) is 4. The van der Waals surface area contributed by atoms with Gasteiger partial charge in [0.25, 0.3) is 0 Å². The number of tetrazole rings is 1. The highest BCUT2D eigenvalue weighted by Crippen LogP contribution is 2.39. The second-order valence-electron chi connectivity index (χ2n) is 3.93. The van der Waals surface area contributed by atoms with Gasteiger partial charge in [-0.25, -0.2) is 0 Å². The number of benzene rings is 1. The van der Waals surface area contributed by atoms with Crippen LogP contribution in [0.5, 0.6) is 0 Å². The van der Waals surface area contributed by atoms with Crippen molar-refractivity contribution in [2.24, 2.45) is 0 Å². The van der Waals surface area contributed by atoms with Gasteiger partial charge in [-0.3, -0.25) is 0 Å². The Morgan fingerprint density at radius 1 is 1.38 bits per heavy atom. The lowest BCUT2D eigenvalue weighted by molar-refractivity contribution is 0.765. The van der Waals surface area contributed by atoms with Crippen molar-refractivity contribution in [1.82, 2.24) is 20.2 Å². The Morgan fingerprint density at radius 2 is 2.19 bits per heavy atom. The maximum absolute atomic E-state index is 5.94. The highest BCUT2D eigenvalue weighted by Gasteiger charge is 2.30. The molecule has 0 amide bonds. The molecule has 16 heavy (non-hydrogen) atoms. The first-order valence-corrected chi connectivity index (χ1v) is 5.47. The predicted molar refractivity (Wildman–Crippen MR) is 60.6 cm³/mol. The van der Waals surface area contributed by atoms with Gasteiger partial charge in [-0.15, -0.1) is 5.10 Å². The summed E-state index contributed by atoms with van der Waals surface area (Å²) < 4.78 is 1.68. The second-order valence-corrected chi connectivity index (χ2v) is 4.36. The third-order valence-electron chi connectivity index (χ3n) is 2.66. The van der Waals surface area contributed by atoms with Crippen LogP contribution < -0.4 is 5.73 Å². The zero-order valence-electron chi connectivity index (χ0n) is 8.47. The molecule has 0 bridgehead atoms. The number of halogens is 1. The lowest BCUT2D eigenvalue weighted by Crippen LogP contribution is -2.05. The molecule has 0 aliphatic heterocycles. The molecule has 5 nitrogen and oxygen atoms in total. The molecule has 0 radical (unpaired) electrons. The van der Waals surface area contributed by atoms with Crippen LogP contribution >= 0.6 is 11.6 Å². The third kappa shape index (κ3) is 1.53. The van der Waals surface area contributed by atoms with E-state index in [1.165, 1.54) is 0 Å². The molecule has 1 aliphatic rings. The summed E-state index contributed by atoms with van der Waals surface area (Å²) in [6, 6.07) is 5.29. The Kier molecular flexibility index (Phi) is 2.07. The number of nitrogens with two attached hydrogens (primary N) is 1. The van der Waals surface area contributed by atoms with Crippen LogP contribution in [0.15, 0.2) is 18.2 Å². The summed E-state index contributed by atoms with van der Waals surface area (Å²) in [5.41, 5.74) is 7.27. The topological polar surface area (TPSA) is 69.6 Å². The van der Waals surface area contributed by atoms with Crippen molar-refractivity contribution in [3.05, 3.63) is 29.0 Å². The summed E-state index contributed by atoms with van der Waals surface area (Å²) in [4.78, 5) is 0. The van der Waals surface area contributed by atoms with E-state index >= 15 is 0 Å². The minimum absolute atomic E-state index is 0.466. The van der Waals surface area contributed by atoms with Crippen LogP contribution in [0.4, 0.5) is 5.69 Å². The highest BCUT2D eigenvalue weighted by molar-refractivity contribution is 6.30. The zero-order chi connectivity index (χ0) is 11.1. The van der Waals surface area contributed by atoms with Crippen LogP contribution in [0.1, 0.15) is 24.6 Å². The predicted octanol–water partition coefficient (Wildman–Crippen LogP) is 1.78. The Labute approximate surface area is 97.2 Å². The van der Waals surface area contributed by atoms with Gasteiger partial charge in [-0.1, -0.05) is 11.6 Å². The molecular weight excluding hydrogens is 226 g/mol. The Balaban J connectivity index is 2.13. The molecule has 2 aromatic rings. The molecule has 0 atom stereocenters. The van der Waals surface area contributed by atoms with Crippen molar-refractivity contribution in [2.45, 2.75) is 18.8 Å². The van der Waals surface area contributed by atoms with E-state index in [9.17, 15) is 0 Å². The van der Waals surface area contributed by atoms with Gasteiger partial charge in [-0.2, -0.15) is 4.68 Å². The van der Waals surface area contributed by atoms with Gasteiger partial charge in [0.1, 0.15) is 0 Å². The monoisotopic (exact) mass is 235 g/mol. The molecule has 1 saturated carbocycles. The van der Waals surface area contributed by atoms with Gasteiger partial charge in [0, 0.05) is 10.9 Å². The van der Waals surface area contributed by atoms with Gasteiger partial charge in [0.2, 0.25) is 0 Å². The molecule has 1 aromatic carbocycles. The summed E-state index contributed by atoms with van der Waals surface area (Å²) >= 11 is 5.94. The molecule has 6 heteroatoms. The Morgan fingerprint density at radius 3 is 2.94 bits per heavy atom. The van der Waals surface area contributed by atoms with Crippen LogP contribution in [0.2, 0.25) is 5.02 Å². The average molecular weight is 236 g/mol. The molecule has 1 heterocycles. The first-order chi connectivity index (χ1) is 7.75. The number of hydrogen-bond donors (Lipinski definition) is 1. The summed E-state index contributed by atoms with van der Waals surface area (Å²) in [6.07, 6.45) is 2.28. The normalized spacial score (nSPS) is 15.3. The minimum Gasteiger partial charge on any atom is -0.397 e. The van der Waals surface area contributed by atoms with Gasteiger partial charge in [0.05, 0.1) is 11.4 Å². The summed E-state index contributed by atoms with van der Waals surface area (Å²) in [7, 11) is 0. The van der Waals surface area contributed by atoms with E-state index in [2.05, 4.69) is 15.5 Å². The van der Waals surface area contributed by atoms with Gasteiger partial charge >= 0.3 is 0 Å². The molecule has 3 rings (SSSR count). The van der Waals surface area contributed by atoms with Gasteiger partial charge in [0.15, 0.2) is 5.82 Å². The van der Waals surface area contributed by atoms with E-state index < -0.39 is 0 Å². The van der Waals surface area contributed by atoms with Crippen molar-refractivity contribution in [3.63, 3.8) is 0 Å². The van der Waals surface area contributed by atoms with E-state index in [-0.39, 0.29) is 0 Å². The van der Waals surface area contributed by atoms with Crippen molar-refractivity contribution in [2.75, 3.05) is 5.73 Å². The van der Waals surface area contributed by atoms with Crippen LogP contribution in [0, 0.1) is 0 Å². The van der Waals surface area contributed by atoms with Gasteiger partial charge < -0.3 is 5.73 Å². The first kappa shape index (κ1) is 9.59. The third-order valence-corrected chi connectivity index (χ3v) is 2.89.